The lowest BCUT2D eigenvalue weighted by Gasteiger charge is -2.12. The summed E-state index contributed by atoms with van der Waals surface area (Å²) < 4.78 is 3.68. The van der Waals surface area contributed by atoms with Gasteiger partial charge in [0.2, 0.25) is 0 Å². The number of benzene rings is 4. The van der Waals surface area contributed by atoms with Gasteiger partial charge in [-0.1, -0.05) is 42.5 Å². The molecule has 0 aliphatic heterocycles. The highest BCUT2D eigenvalue weighted by molar-refractivity contribution is 14.1. The van der Waals surface area contributed by atoms with Crippen molar-refractivity contribution in [2.45, 2.75) is 12.5 Å². The van der Waals surface area contributed by atoms with Gasteiger partial charge in [0, 0.05) is 30.7 Å². The van der Waals surface area contributed by atoms with Crippen LogP contribution in [0, 0.1) is 14.3 Å². The van der Waals surface area contributed by atoms with E-state index in [2.05, 4.69) is 126 Å². The molecule has 0 saturated heterocycles. The first-order valence-electron chi connectivity index (χ1n) is 10.7. The van der Waals surface area contributed by atoms with Gasteiger partial charge in [-0.3, -0.25) is 9.98 Å². The zero-order valence-electron chi connectivity index (χ0n) is 18.3. The quantitative estimate of drug-likeness (QED) is 0.147. The largest absolute Gasteiger partial charge is 0.506 e. The SMILES string of the molecule is Oc1c(I)cc(I)cc1C=NC[C@H](Cc1ccc2ccccc2c1)N=Cc1cc(I)cc(I)c1O. The van der Waals surface area contributed by atoms with E-state index in [-0.39, 0.29) is 17.5 Å². The Morgan fingerprint density at radius 3 is 1.97 bits per heavy atom. The van der Waals surface area contributed by atoms with Gasteiger partial charge in [0.15, 0.2) is 0 Å². The van der Waals surface area contributed by atoms with E-state index in [4.69, 9.17) is 4.99 Å². The summed E-state index contributed by atoms with van der Waals surface area (Å²) in [5.74, 6) is 0.476. The van der Waals surface area contributed by atoms with E-state index in [1.54, 1.807) is 12.4 Å². The molecule has 4 aromatic carbocycles. The third-order valence-corrected chi connectivity index (χ3v) is 8.26. The maximum Gasteiger partial charge on any atom is 0.137 e. The molecule has 0 amide bonds. The summed E-state index contributed by atoms with van der Waals surface area (Å²) in [6.45, 7) is 0.451. The second-order valence-corrected chi connectivity index (χ2v) is 12.8. The molecule has 2 N–H and O–H groups in total. The van der Waals surface area contributed by atoms with E-state index in [1.807, 2.05) is 36.4 Å². The van der Waals surface area contributed by atoms with Crippen molar-refractivity contribution < 1.29 is 10.2 Å². The number of hydrogen-bond acceptors (Lipinski definition) is 4. The lowest BCUT2D eigenvalue weighted by atomic mass is 10.0. The molecule has 35 heavy (non-hydrogen) atoms. The van der Waals surface area contributed by atoms with Crippen molar-refractivity contribution in [3.05, 3.63) is 97.7 Å². The molecule has 4 aromatic rings. The van der Waals surface area contributed by atoms with Crippen molar-refractivity contribution >= 4 is 114 Å². The fraction of sp³-hybridized carbons (Fsp3) is 0.111. The van der Waals surface area contributed by atoms with Crippen LogP contribution in [0.25, 0.3) is 10.8 Å². The molecule has 1 atom stereocenters. The van der Waals surface area contributed by atoms with Crippen LogP contribution in [0.3, 0.4) is 0 Å². The summed E-state index contributed by atoms with van der Waals surface area (Å²) in [5, 5.41) is 23.3. The highest BCUT2D eigenvalue weighted by atomic mass is 127. The number of hydrogen-bond donors (Lipinski definition) is 2. The normalized spacial score (nSPS) is 12.7. The maximum absolute atomic E-state index is 10.5. The van der Waals surface area contributed by atoms with Gasteiger partial charge in [0.05, 0.1) is 19.7 Å². The average molecular weight is 912 g/mol. The summed E-state index contributed by atoms with van der Waals surface area (Å²) in [4.78, 5) is 9.47. The monoisotopic (exact) mass is 912 g/mol. The first-order valence-corrected chi connectivity index (χ1v) is 15.0. The molecule has 0 aromatic heterocycles. The van der Waals surface area contributed by atoms with Crippen LogP contribution in [0.15, 0.2) is 76.7 Å². The van der Waals surface area contributed by atoms with E-state index in [9.17, 15) is 10.2 Å². The summed E-state index contributed by atoms with van der Waals surface area (Å²) >= 11 is 8.74. The molecule has 0 saturated carbocycles. The van der Waals surface area contributed by atoms with Crippen LogP contribution in [0.5, 0.6) is 11.5 Å². The van der Waals surface area contributed by atoms with E-state index in [1.165, 1.54) is 16.3 Å². The number of halogens is 4. The number of aliphatic imine (C=N–C) groups is 2. The number of fused-ring (bicyclic) bond motifs is 1. The number of phenolic OH excluding ortho intramolecular Hbond substituents is 2. The minimum atomic E-state index is -0.133. The Hall–Kier alpha value is -1.000. The van der Waals surface area contributed by atoms with Gasteiger partial charge in [-0.25, -0.2) is 0 Å². The van der Waals surface area contributed by atoms with Crippen molar-refractivity contribution in [1.82, 2.24) is 0 Å². The van der Waals surface area contributed by atoms with Crippen molar-refractivity contribution in [3.63, 3.8) is 0 Å². The summed E-state index contributed by atoms with van der Waals surface area (Å²) in [5.41, 5.74) is 2.56. The minimum absolute atomic E-state index is 0.133. The molecule has 0 heterocycles. The summed E-state index contributed by atoms with van der Waals surface area (Å²) in [6.07, 6.45) is 4.16. The third kappa shape index (κ3) is 7.28. The molecular weight excluding hydrogens is 892 g/mol. The van der Waals surface area contributed by atoms with Crippen LogP contribution >= 0.6 is 90.4 Å². The third-order valence-electron chi connectivity index (χ3n) is 5.37. The van der Waals surface area contributed by atoms with Gasteiger partial charge in [0.1, 0.15) is 11.5 Å². The molecule has 0 bridgehead atoms. The molecule has 0 unspecified atom stereocenters. The lowest BCUT2D eigenvalue weighted by Crippen LogP contribution is -2.14. The molecular formula is C27H20I4N2O2. The standard InChI is InChI=1S/C27H20I4N2O2/c28-21-9-19(26(34)24(30)11-21)13-32-15-23(33-14-20-10-22(29)12-25(31)27(20)35)8-16-5-6-17-3-1-2-4-18(17)7-16/h1-7,9-14,23,34-35H,8,15H2/t23-/m0/s1. The van der Waals surface area contributed by atoms with Gasteiger partial charge in [-0.05, 0) is 137 Å². The smallest absolute Gasteiger partial charge is 0.137 e. The summed E-state index contributed by atoms with van der Waals surface area (Å²) in [6, 6.07) is 22.3. The minimum Gasteiger partial charge on any atom is -0.506 e. The number of rotatable bonds is 7. The van der Waals surface area contributed by atoms with Crippen molar-refractivity contribution in [2.24, 2.45) is 9.98 Å². The predicted octanol–water partition coefficient (Wildman–Crippen LogP) is 7.82. The Bertz CT molecular complexity index is 1440. The molecule has 4 nitrogen and oxygen atoms in total. The fourth-order valence-electron chi connectivity index (χ4n) is 3.63. The van der Waals surface area contributed by atoms with E-state index in [0.717, 1.165) is 14.3 Å². The van der Waals surface area contributed by atoms with E-state index in [0.29, 0.717) is 24.1 Å². The fourth-order valence-corrected chi connectivity index (χ4v) is 7.41. The Kier molecular flexibility index (Phi) is 9.66. The maximum atomic E-state index is 10.5. The van der Waals surface area contributed by atoms with Crippen LogP contribution in [0.1, 0.15) is 16.7 Å². The molecule has 0 aliphatic carbocycles. The van der Waals surface area contributed by atoms with E-state index >= 15 is 0 Å². The Morgan fingerprint density at radius 1 is 0.714 bits per heavy atom. The van der Waals surface area contributed by atoms with Crippen LogP contribution in [-0.4, -0.2) is 35.2 Å². The molecule has 178 valence electrons. The predicted molar refractivity (Wildman–Crippen MR) is 179 cm³/mol. The Balaban J connectivity index is 1.62. The highest BCUT2D eigenvalue weighted by Crippen LogP contribution is 2.27. The van der Waals surface area contributed by atoms with Crippen molar-refractivity contribution in [1.29, 1.82) is 0 Å². The first kappa shape index (κ1) is 27.0. The zero-order valence-corrected chi connectivity index (χ0v) is 26.9. The average Bonchev–Trinajstić information content (AvgIpc) is 2.83. The van der Waals surface area contributed by atoms with Gasteiger partial charge in [-0.15, -0.1) is 0 Å². The van der Waals surface area contributed by atoms with Crippen molar-refractivity contribution in [3.8, 4) is 11.5 Å². The first-order chi connectivity index (χ1) is 16.8. The molecule has 0 radical (unpaired) electrons. The van der Waals surface area contributed by atoms with Gasteiger partial charge in [-0.2, -0.15) is 0 Å². The van der Waals surface area contributed by atoms with E-state index < -0.39 is 0 Å². The Morgan fingerprint density at radius 2 is 1.31 bits per heavy atom. The van der Waals surface area contributed by atoms with Crippen molar-refractivity contribution in [2.75, 3.05) is 6.54 Å². The molecule has 0 fully saturated rings. The van der Waals surface area contributed by atoms with Crippen LogP contribution in [0.2, 0.25) is 0 Å². The summed E-state index contributed by atoms with van der Waals surface area (Å²) in [7, 11) is 0. The topological polar surface area (TPSA) is 65.2 Å². The molecule has 0 spiro atoms. The van der Waals surface area contributed by atoms with Crippen LogP contribution in [0.4, 0.5) is 0 Å². The lowest BCUT2D eigenvalue weighted by molar-refractivity contribution is 0.470. The van der Waals surface area contributed by atoms with Crippen LogP contribution < -0.4 is 0 Å². The molecule has 0 aliphatic rings. The Labute approximate surface area is 258 Å². The van der Waals surface area contributed by atoms with Crippen LogP contribution in [-0.2, 0) is 6.42 Å². The zero-order chi connectivity index (χ0) is 24.9. The second kappa shape index (κ2) is 12.5. The van der Waals surface area contributed by atoms with Gasteiger partial charge in [0.25, 0.3) is 0 Å². The number of phenols is 2. The number of nitrogens with zero attached hydrogens (tertiary/aromatic N) is 2. The highest BCUT2D eigenvalue weighted by Gasteiger charge is 2.11. The van der Waals surface area contributed by atoms with Gasteiger partial charge < -0.3 is 10.2 Å². The number of aromatic hydroxyl groups is 2. The van der Waals surface area contributed by atoms with Gasteiger partial charge >= 0.3 is 0 Å². The second-order valence-electron chi connectivity index (χ2n) is 7.96. The molecule has 8 heteroatoms. The molecule has 4 rings (SSSR count).